The summed E-state index contributed by atoms with van der Waals surface area (Å²) in [5.41, 5.74) is 2.60. The van der Waals surface area contributed by atoms with Gasteiger partial charge in [0.05, 0.1) is 18.3 Å². The van der Waals surface area contributed by atoms with Crippen molar-refractivity contribution in [3.05, 3.63) is 46.5 Å². The maximum atomic E-state index is 14.1. The van der Waals surface area contributed by atoms with Gasteiger partial charge in [0, 0.05) is 6.07 Å². The standard InChI is InChI=1S/C14H12FN3OS/c1-8-3-4-9(15)11(7-8)18-13-10(16-14(18)20)5-6-12(17-13)19-2/h3-7H,1-2H3,(H,16,20). The van der Waals surface area contributed by atoms with Crippen molar-refractivity contribution in [2.75, 3.05) is 7.11 Å². The molecule has 6 heteroatoms. The lowest BCUT2D eigenvalue weighted by Crippen LogP contribution is -2.00. The van der Waals surface area contributed by atoms with Crippen LogP contribution in [0.25, 0.3) is 16.9 Å². The summed E-state index contributed by atoms with van der Waals surface area (Å²) in [5.74, 6) is 0.102. The Kier molecular flexibility index (Phi) is 3.02. The number of pyridine rings is 1. The first-order valence-corrected chi connectivity index (χ1v) is 6.43. The molecule has 0 saturated heterocycles. The fourth-order valence-electron chi connectivity index (χ4n) is 2.10. The predicted molar refractivity (Wildman–Crippen MR) is 77.5 cm³/mol. The summed E-state index contributed by atoms with van der Waals surface area (Å²) in [6, 6.07) is 8.40. The van der Waals surface area contributed by atoms with Crippen LogP contribution >= 0.6 is 12.2 Å². The van der Waals surface area contributed by atoms with Crippen molar-refractivity contribution >= 4 is 23.4 Å². The van der Waals surface area contributed by atoms with Crippen LogP contribution in [-0.2, 0) is 0 Å². The number of hydrogen-bond donors (Lipinski definition) is 1. The molecule has 102 valence electrons. The van der Waals surface area contributed by atoms with Crippen molar-refractivity contribution < 1.29 is 9.13 Å². The fraction of sp³-hybridized carbons (Fsp3) is 0.143. The molecule has 0 unspecified atom stereocenters. The minimum Gasteiger partial charge on any atom is -0.481 e. The van der Waals surface area contributed by atoms with Gasteiger partial charge in [0.1, 0.15) is 5.82 Å². The van der Waals surface area contributed by atoms with Crippen molar-refractivity contribution in [2.24, 2.45) is 0 Å². The molecule has 0 spiro atoms. The van der Waals surface area contributed by atoms with E-state index >= 15 is 0 Å². The zero-order chi connectivity index (χ0) is 14.3. The van der Waals surface area contributed by atoms with Gasteiger partial charge in [-0.05, 0) is 42.9 Å². The Bertz CT molecular complexity index is 853. The molecule has 2 heterocycles. The van der Waals surface area contributed by atoms with Crippen LogP contribution in [-0.4, -0.2) is 21.6 Å². The van der Waals surface area contributed by atoms with Gasteiger partial charge in [-0.25, -0.2) is 4.39 Å². The Morgan fingerprint density at radius 1 is 1.30 bits per heavy atom. The number of methoxy groups -OCH3 is 1. The van der Waals surface area contributed by atoms with E-state index in [0.717, 1.165) is 11.1 Å². The number of nitrogens with one attached hydrogen (secondary N) is 1. The molecule has 0 aliphatic rings. The number of ether oxygens (including phenoxy) is 1. The topological polar surface area (TPSA) is 42.8 Å². The second-order valence-corrected chi connectivity index (χ2v) is 4.83. The number of nitrogens with zero attached hydrogens (tertiary/aromatic N) is 2. The monoisotopic (exact) mass is 289 g/mol. The number of H-pyrrole nitrogens is 1. The molecule has 3 aromatic rings. The Morgan fingerprint density at radius 2 is 2.10 bits per heavy atom. The highest BCUT2D eigenvalue weighted by Gasteiger charge is 2.12. The molecule has 1 aromatic carbocycles. The molecule has 0 aliphatic heterocycles. The second-order valence-electron chi connectivity index (χ2n) is 4.45. The van der Waals surface area contributed by atoms with E-state index in [4.69, 9.17) is 17.0 Å². The first-order chi connectivity index (χ1) is 9.60. The molecule has 0 radical (unpaired) electrons. The summed E-state index contributed by atoms with van der Waals surface area (Å²) in [6.45, 7) is 1.90. The Hall–Kier alpha value is -2.21. The molecule has 0 fully saturated rings. The van der Waals surface area contributed by atoms with Gasteiger partial charge < -0.3 is 9.72 Å². The van der Waals surface area contributed by atoms with Crippen LogP contribution < -0.4 is 4.74 Å². The number of imidazole rings is 1. The minimum absolute atomic E-state index is 0.350. The molecular weight excluding hydrogens is 277 g/mol. The van der Waals surface area contributed by atoms with Crippen molar-refractivity contribution in [3.8, 4) is 11.6 Å². The Balaban J connectivity index is 2.37. The number of aromatic amines is 1. The molecule has 0 bridgehead atoms. The van der Waals surface area contributed by atoms with Crippen LogP contribution in [0.4, 0.5) is 4.39 Å². The van der Waals surface area contributed by atoms with Gasteiger partial charge in [0.15, 0.2) is 10.4 Å². The molecule has 4 nitrogen and oxygen atoms in total. The summed E-state index contributed by atoms with van der Waals surface area (Å²) in [5, 5.41) is 0. The SMILES string of the molecule is COc1ccc2[nH]c(=S)n(-c3cc(C)ccc3F)c2n1. The van der Waals surface area contributed by atoms with E-state index in [-0.39, 0.29) is 5.82 Å². The number of halogens is 1. The number of aryl methyl sites for hydroxylation is 1. The van der Waals surface area contributed by atoms with Crippen molar-refractivity contribution in [3.63, 3.8) is 0 Å². The predicted octanol–water partition coefficient (Wildman–Crippen LogP) is 3.54. The zero-order valence-corrected chi connectivity index (χ0v) is 11.8. The molecular formula is C14H12FN3OS. The van der Waals surface area contributed by atoms with Crippen molar-refractivity contribution in [1.29, 1.82) is 0 Å². The lowest BCUT2D eigenvalue weighted by Gasteiger charge is -2.07. The highest BCUT2D eigenvalue weighted by atomic mass is 32.1. The average molecular weight is 289 g/mol. The molecule has 3 rings (SSSR count). The average Bonchev–Trinajstić information content (AvgIpc) is 2.76. The fourth-order valence-corrected chi connectivity index (χ4v) is 2.39. The first kappa shape index (κ1) is 12.8. The van der Waals surface area contributed by atoms with E-state index in [2.05, 4.69) is 9.97 Å². The van der Waals surface area contributed by atoms with E-state index in [0.29, 0.717) is 22.0 Å². The van der Waals surface area contributed by atoms with Crippen LogP contribution in [0.1, 0.15) is 5.56 Å². The lowest BCUT2D eigenvalue weighted by atomic mass is 10.2. The van der Waals surface area contributed by atoms with Gasteiger partial charge >= 0.3 is 0 Å². The number of benzene rings is 1. The van der Waals surface area contributed by atoms with Gasteiger partial charge in [-0.2, -0.15) is 4.98 Å². The third-order valence-electron chi connectivity index (χ3n) is 3.06. The number of aromatic nitrogens is 3. The second kappa shape index (κ2) is 4.72. The summed E-state index contributed by atoms with van der Waals surface area (Å²) in [4.78, 5) is 7.35. The quantitative estimate of drug-likeness (QED) is 0.734. The highest BCUT2D eigenvalue weighted by Crippen LogP contribution is 2.23. The van der Waals surface area contributed by atoms with E-state index < -0.39 is 0 Å². The van der Waals surface area contributed by atoms with E-state index in [1.54, 1.807) is 28.8 Å². The van der Waals surface area contributed by atoms with Crippen LogP contribution in [0.5, 0.6) is 5.88 Å². The third-order valence-corrected chi connectivity index (χ3v) is 3.34. The van der Waals surface area contributed by atoms with Crippen molar-refractivity contribution in [2.45, 2.75) is 6.92 Å². The maximum Gasteiger partial charge on any atom is 0.215 e. The highest BCUT2D eigenvalue weighted by molar-refractivity contribution is 7.71. The molecule has 2 aromatic heterocycles. The molecule has 20 heavy (non-hydrogen) atoms. The molecule has 0 saturated carbocycles. The third kappa shape index (κ3) is 1.98. The number of fused-ring (bicyclic) bond motifs is 1. The van der Waals surface area contributed by atoms with E-state index in [1.807, 2.05) is 6.92 Å². The lowest BCUT2D eigenvalue weighted by molar-refractivity contribution is 0.399. The summed E-state index contributed by atoms with van der Waals surface area (Å²) < 4.78 is 21.2. The van der Waals surface area contributed by atoms with Gasteiger partial charge in [-0.1, -0.05) is 6.07 Å². The molecule has 0 amide bonds. The first-order valence-electron chi connectivity index (χ1n) is 6.02. The summed E-state index contributed by atoms with van der Waals surface area (Å²) >= 11 is 5.28. The van der Waals surface area contributed by atoms with Gasteiger partial charge in [0.25, 0.3) is 0 Å². The number of hydrogen-bond acceptors (Lipinski definition) is 3. The van der Waals surface area contributed by atoms with Crippen LogP contribution in [0.15, 0.2) is 30.3 Å². The Morgan fingerprint density at radius 3 is 2.85 bits per heavy atom. The number of rotatable bonds is 2. The van der Waals surface area contributed by atoms with Crippen LogP contribution in [0.3, 0.4) is 0 Å². The largest absolute Gasteiger partial charge is 0.481 e. The molecule has 1 N–H and O–H groups in total. The van der Waals surface area contributed by atoms with Crippen LogP contribution in [0, 0.1) is 17.5 Å². The van der Waals surface area contributed by atoms with Gasteiger partial charge in [-0.3, -0.25) is 4.57 Å². The minimum atomic E-state index is -0.350. The summed E-state index contributed by atoms with van der Waals surface area (Å²) in [6.07, 6.45) is 0. The summed E-state index contributed by atoms with van der Waals surface area (Å²) in [7, 11) is 1.53. The zero-order valence-electron chi connectivity index (χ0n) is 11.0. The normalized spacial score (nSPS) is 10.9. The molecule has 0 atom stereocenters. The van der Waals surface area contributed by atoms with E-state index in [9.17, 15) is 4.39 Å². The maximum absolute atomic E-state index is 14.1. The van der Waals surface area contributed by atoms with Gasteiger partial charge in [0.2, 0.25) is 5.88 Å². The smallest absolute Gasteiger partial charge is 0.215 e. The van der Waals surface area contributed by atoms with Crippen molar-refractivity contribution in [1.82, 2.24) is 14.5 Å². The van der Waals surface area contributed by atoms with E-state index in [1.165, 1.54) is 13.2 Å². The Labute approximate surface area is 119 Å². The van der Waals surface area contributed by atoms with Crippen LogP contribution in [0.2, 0.25) is 0 Å². The van der Waals surface area contributed by atoms with Gasteiger partial charge in [-0.15, -0.1) is 0 Å². The molecule has 0 aliphatic carbocycles.